The minimum Gasteiger partial charge on any atom is -0.495 e. The third-order valence-electron chi connectivity index (χ3n) is 6.71. The number of halogens is 3. The number of alkyl halides is 3. The Balaban J connectivity index is 1.40. The number of anilines is 2. The van der Waals surface area contributed by atoms with Crippen LogP contribution in [0.4, 0.5) is 24.8 Å². The third kappa shape index (κ3) is 5.91. The highest BCUT2D eigenvalue weighted by Crippen LogP contribution is 2.42. The number of methoxy groups -OCH3 is 1. The van der Waals surface area contributed by atoms with Crippen LogP contribution in [0.1, 0.15) is 52.4 Å². The molecule has 9 nitrogen and oxygen atoms in total. The van der Waals surface area contributed by atoms with E-state index in [4.69, 9.17) is 14.2 Å². The smallest absolute Gasteiger partial charge is 0.423 e. The zero-order valence-corrected chi connectivity index (χ0v) is 21.0. The van der Waals surface area contributed by atoms with Crippen molar-refractivity contribution in [2.45, 2.75) is 44.0 Å². The summed E-state index contributed by atoms with van der Waals surface area (Å²) in [6.45, 7) is 1.17. The Morgan fingerprint density at radius 1 is 1.13 bits per heavy atom. The van der Waals surface area contributed by atoms with E-state index in [2.05, 4.69) is 20.6 Å². The number of carbonyl (C=O) groups is 1. The molecule has 206 valence electrons. The van der Waals surface area contributed by atoms with Gasteiger partial charge in [-0.1, -0.05) is 12.1 Å². The molecule has 12 heteroatoms. The van der Waals surface area contributed by atoms with Gasteiger partial charge in [0.2, 0.25) is 11.8 Å². The fourth-order valence-corrected chi connectivity index (χ4v) is 4.68. The number of amides is 1. The van der Waals surface area contributed by atoms with Gasteiger partial charge in [0.25, 0.3) is 5.91 Å². The first-order valence-electron chi connectivity index (χ1n) is 12.5. The molecule has 1 fully saturated rings. The molecule has 1 aliphatic carbocycles. The zero-order chi connectivity index (χ0) is 27.6. The molecular formula is C27H27F3N4O5. The Morgan fingerprint density at radius 2 is 1.92 bits per heavy atom. The number of aromatic nitrogens is 2. The second kappa shape index (κ2) is 11.1. The number of hydrogen-bond acceptors (Lipinski definition) is 8. The Labute approximate surface area is 222 Å². The fraction of sp³-hybridized carbons (Fsp3) is 0.370. The van der Waals surface area contributed by atoms with Crippen LogP contribution in [-0.2, 0) is 17.3 Å². The summed E-state index contributed by atoms with van der Waals surface area (Å²) < 4.78 is 57.7. The maximum atomic E-state index is 13.8. The summed E-state index contributed by atoms with van der Waals surface area (Å²) in [4.78, 5) is 20.5. The van der Waals surface area contributed by atoms with E-state index in [1.807, 2.05) is 0 Å². The van der Waals surface area contributed by atoms with Gasteiger partial charge < -0.3 is 30.0 Å². The standard InChI is InChI=1S/C27H27F3N4O5/c1-37-22-13-16(24(36)32-17-9-11-38-12-10-17)5-7-19(22)33-26-31-14-18(27(28,29)30)25(34-26)39-21-4-2-3-15-6-8-20(35)23(15)21/h2-5,7,13-14,17,20,35H,6,8-12H2,1H3,(H,32,36)(H,31,33,34). The maximum absolute atomic E-state index is 13.8. The first-order valence-corrected chi connectivity index (χ1v) is 12.5. The van der Waals surface area contributed by atoms with Crippen LogP contribution in [0.25, 0.3) is 0 Å². The van der Waals surface area contributed by atoms with Crippen molar-refractivity contribution in [3.8, 4) is 17.4 Å². The lowest BCUT2D eigenvalue weighted by Gasteiger charge is -2.23. The van der Waals surface area contributed by atoms with E-state index in [0.29, 0.717) is 49.1 Å². The van der Waals surface area contributed by atoms with Gasteiger partial charge in [-0.25, -0.2) is 4.98 Å². The predicted molar refractivity (Wildman–Crippen MR) is 134 cm³/mol. The summed E-state index contributed by atoms with van der Waals surface area (Å²) in [6, 6.07) is 9.61. The topological polar surface area (TPSA) is 115 Å². The molecule has 1 atom stereocenters. The fourth-order valence-electron chi connectivity index (χ4n) is 4.68. The average Bonchev–Trinajstić information content (AvgIpc) is 3.30. The van der Waals surface area contributed by atoms with Crippen LogP contribution < -0.4 is 20.1 Å². The van der Waals surface area contributed by atoms with Gasteiger partial charge in [-0.3, -0.25) is 4.79 Å². The normalized spacial score (nSPS) is 17.4. The highest BCUT2D eigenvalue weighted by molar-refractivity contribution is 5.95. The molecule has 0 saturated carbocycles. The lowest BCUT2D eigenvalue weighted by Crippen LogP contribution is -2.38. The maximum Gasteiger partial charge on any atom is 0.423 e. The van der Waals surface area contributed by atoms with Gasteiger partial charge in [0.15, 0.2) is 0 Å². The Morgan fingerprint density at radius 3 is 2.67 bits per heavy atom. The molecule has 3 N–H and O–H groups in total. The molecule has 0 radical (unpaired) electrons. The molecule has 1 aromatic heterocycles. The number of nitrogens with one attached hydrogen (secondary N) is 2. The molecule has 0 bridgehead atoms. The first kappa shape index (κ1) is 26.7. The molecule has 0 spiro atoms. The molecule has 1 aliphatic heterocycles. The highest BCUT2D eigenvalue weighted by Gasteiger charge is 2.37. The van der Waals surface area contributed by atoms with Crippen LogP contribution in [-0.4, -0.2) is 47.3 Å². The highest BCUT2D eigenvalue weighted by atomic mass is 19.4. The van der Waals surface area contributed by atoms with Crippen molar-refractivity contribution < 1.29 is 37.3 Å². The lowest BCUT2D eigenvalue weighted by atomic mass is 10.1. The molecule has 39 heavy (non-hydrogen) atoms. The van der Waals surface area contributed by atoms with Crippen LogP contribution >= 0.6 is 0 Å². The van der Waals surface area contributed by atoms with Crippen molar-refractivity contribution in [3.05, 3.63) is 64.8 Å². The molecule has 5 rings (SSSR count). The summed E-state index contributed by atoms with van der Waals surface area (Å²) in [7, 11) is 1.41. The van der Waals surface area contributed by atoms with E-state index >= 15 is 0 Å². The van der Waals surface area contributed by atoms with Gasteiger partial charge in [0.1, 0.15) is 17.1 Å². The molecule has 1 unspecified atom stereocenters. The van der Waals surface area contributed by atoms with E-state index in [1.54, 1.807) is 24.3 Å². The number of hydrogen-bond donors (Lipinski definition) is 3. The van der Waals surface area contributed by atoms with E-state index in [1.165, 1.54) is 19.2 Å². The molecule has 2 heterocycles. The number of benzene rings is 2. The summed E-state index contributed by atoms with van der Waals surface area (Å²) in [5, 5.41) is 16.1. The molecule has 3 aromatic rings. The van der Waals surface area contributed by atoms with E-state index in [-0.39, 0.29) is 29.4 Å². The average molecular weight is 545 g/mol. The van der Waals surface area contributed by atoms with Gasteiger partial charge in [-0.15, -0.1) is 0 Å². The van der Waals surface area contributed by atoms with E-state index < -0.39 is 23.7 Å². The van der Waals surface area contributed by atoms with Crippen LogP contribution in [0, 0.1) is 0 Å². The minimum atomic E-state index is -4.78. The van der Waals surface area contributed by atoms with E-state index in [9.17, 15) is 23.1 Å². The number of fused-ring (bicyclic) bond motifs is 1. The Kier molecular flexibility index (Phi) is 7.58. The number of aliphatic hydroxyl groups excluding tert-OH is 1. The molecule has 1 amide bonds. The predicted octanol–water partition coefficient (Wildman–Crippen LogP) is 4.93. The number of nitrogens with zero attached hydrogens (tertiary/aromatic N) is 2. The molecule has 2 aromatic carbocycles. The third-order valence-corrected chi connectivity index (χ3v) is 6.71. The van der Waals surface area contributed by atoms with Gasteiger partial charge in [-0.05, 0) is 55.5 Å². The lowest BCUT2D eigenvalue weighted by molar-refractivity contribution is -0.139. The number of aliphatic hydroxyl groups is 1. The monoisotopic (exact) mass is 544 g/mol. The molecule has 2 aliphatic rings. The second-order valence-electron chi connectivity index (χ2n) is 9.30. The van der Waals surface area contributed by atoms with Gasteiger partial charge in [-0.2, -0.15) is 18.2 Å². The largest absolute Gasteiger partial charge is 0.495 e. The second-order valence-corrected chi connectivity index (χ2v) is 9.30. The summed E-state index contributed by atoms with van der Waals surface area (Å²) in [5.74, 6) is -0.789. The van der Waals surface area contributed by atoms with Gasteiger partial charge >= 0.3 is 6.18 Å². The number of ether oxygens (including phenoxy) is 3. The Hall–Kier alpha value is -3.90. The SMILES string of the molecule is COc1cc(C(=O)NC2CCOCC2)ccc1Nc1ncc(C(F)(F)F)c(Oc2cccc3c2C(O)CC3)n1. The summed E-state index contributed by atoms with van der Waals surface area (Å²) >= 11 is 0. The number of aryl methyl sites for hydroxylation is 1. The number of carbonyl (C=O) groups excluding carboxylic acids is 1. The minimum absolute atomic E-state index is 0.0148. The van der Waals surface area contributed by atoms with Gasteiger partial charge in [0.05, 0.1) is 18.9 Å². The van der Waals surface area contributed by atoms with Crippen molar-refractivity contribution >= 4 is 17.5 Å². The molecular weight excluding hydrogens is 517 g/mol. The van der Waals surface area contributed by atoms with Crippen LogP contribution in [0.3, 0.4) is 0 Å². The molecule has 1 saturated heterocycles. The van der Waals surface area contributed by atoms with Crippen molar-refractivity contribution in [2.24, 2.45) is 0 Å². The van der Waals surface area contributed by atoms with Crippen LogP contribution in [0.15, 0.2) is 42.6 Å². The number of rotatable bonds is 7. The van der Waals surface area contributed by atoms with Crippen LogP contribution in [0.5, 0.6) is 17.4 Å². The summed E-state index contributed by atoms with van der Waals surface area (Å²) in [6.07, 6.45) is -2.48. The summed E-state index contributed by atoms with van der Waals surface area (Å²) in [5.41, 5.74) is 0.798. The zero-order valence-electron chi connectivity index (χ0n) is 21.0. The first-order chi connectivity index (χ1) is 18.7. The van der Waals surface area contributed by atoms with Crippen molar-refractivity contribution in [3.63, 3.8) is 0 Å². The van der Waals surface area contributed by atoms with Gasteiger partial charge in [0, 0.05) is 36.6 Å². The van der Waals surface area contributed by atoms with Crippen molar-refractivity contribution in [1.82, 2.24) is 15.3 Å². The van der Waals surface area contributed by atoms with E-state index in [0.717, 1.165) is 18.4 Å². The van der Waals surface area contributed by atoms with Crippen LogP contribution in [0.2, 0.25) is 0 Å². The van der Waals surface area contributed by atoms with Crippen molar-refractivity contribution in [2.75, 3.05) is 25.6 Å². The van der Waals surface area contributed by atoms with Crippen molar-refractivity contribution in [1.29, 1.82) is 0 Å². The quantitative estimate of drug-likeness (QED) is 0.384. The Bertz CT molecular complexity index is 1360.